The molecule has 1 rings (SSSR count). The molecule has 0 fully saturated rings. The van der Waals surface area contributed by atoms with Crippen LogP contribution >= 0.6 is 0 Å². The molecule has 0 spiro atoms. The highest BCUT2D eigenvalue weighted by atomic mass is 14.8. The van der Waals surface area contributed by atoms with Gasteiger partial charge in [0.15, 0.2) is 0 Å². The third kappa shape index (κ3) is 1.47. The lowest BCUT2D eigenvalue weighted by atomic mass is 9.90. The summed E-state index contributed by atoms with van der Waals surface area (Å²) in [6.45, 7) is 8.67. The maximum Gasteiger partial charge on any atom is 0.0658 e. The maximum absolute atomic E-state index is 4.47. The van der Waals surface area contributed by atoms with Gasteiger partial charge in [0, 0.05) is 11.1 Å². The number of hydrogen-bond donors (Lipinski definition) is 0. The Bertz CT molecular complexity index is 181. The minimum atomic E-state index is 0.223. The molecule has 1 nitrogen and oxygen atoms in total. The first-order valence-electron chi connectivity index (χ1n) is 3.76. The van der Waals surface area contributed by atoms with Gasteiger partial charge in [0.2, 0.25) is 0 Å². The lowest BCUT2D eigenvalue weighted by Gasteiger charge is -2.16. The largest absolute Gasteiger partial charge is 0.282 e. The molecule has 1 unspecified atom stereocenters. The van der Waals surface area contributed by atoms with Crippen molar-refractivity contribution in [3.8, 4) is 0 Å². The van der Waals surface area contributed by atoms with E-state index in [1.165, 1.54) is 5.71 Å². The summed E-state index contributed by atoms with van der Waals surface area (Å²) in [6, 6.07) is 0.397. The molecule has 0 aromatic carbocycles. The Balaban J connectivity index is 2.78. The maximum atomic E-state index is 4.47. The van der Waals surface area contributed by atoms with Gasteiger partial charge in [-0.2, -0.15) is 0 Å². The highest BCUT2D eigenvalue weighted by Gasteiger charge is 2.19. The molecular formula is C9H15N. The molecule has 1 heteroatoms. The molecule has 0 aliphatic carbocycles. The topological polar surface area (TPSA) is 12.4 Å². The van der Waals surface area contributed by atoms with Crippen LogP contribution in [0.15, 0.2) is 17.1 Å². The first-order chi connectivity index (χ1) is 4.50. The quantitative estimate of drug-likeness (QED) is 0.486. The third-order valence-electron chi connectivity index (χ3n) is 1.64. The molecule has 0 bridgehead atoms. The number of nitrogens with zero attached hydrogens (tertiary/aromatic N) is 1. The molecule has 1 aliphatic rings. The van der Waals surface area contributed by atoms with E-state index in [0.29, 0.717) is 6.04 Å². The molecule has 0 saturated carbocycles. The fourth-order valence-electron chi connectivity index (χ4n) is 0.980. The van der Waals surface area contributed by atoms with Gasteiger partial charge in [-0.15, -0.1) is 0 Å². The number of aliphatic imine (C=N–C) groups is 1. The zero-order valence-corrected chi connectivity index (χ0v) is 7.18. The molecular weight excluding hydrogens is 122 g/mol. The van der Waals surface area contributed by atoms with Crippen LogP contribution in [-0.2, 0) is 0 Å². The monoisotopic (exact) mass is 137 g/mol. The third-order valence-corrected chi connectivity index (χ3v) is 1.64. The number of hydrogen-bond acceptors (Lipinski definition) is 1. The van der Waals surface area contributed by atoms with Gasteiger partial charge >= 0.3 is 0 Å². The highest BCUT2D eigenvalue weighted by molar-refractivity contribution is 6.00. The summed E-state index contributed by atoms with van der Waals surface area (Å²) < 4.78 is 0. The molecule has 1 heterocycles. The van der Waals surface area contributed by atoms with E-state index in [4.69, 9.17) is 0 Å². The fraction of sp³-hybridized carbons (Fsp3) is 0.667. The Labute approximate surface area is 62.9 Å². The van der Waals surface area contributed by atoms with Gasteiger partial charge in [0.1, 0.15) is 0 Å². The van der Waals surface area contributed by atoms with E-state index in [2.05, 4.69) is 44.8 Å². The van der Waals surface area contributed by atoms with E-state index >= 15 is 0 Å². The second kappa shape index (κ2) is 2.22. The van der Waals surface area contributed by atoms with E-state index in [1.54, 1.807) is 0 Å². The van der Waals surface area contributed by atoms with Gasteiger partial charge in [0.05, 0.1) is 6.04 Å². The molecule has 0 N–H and O–H groups in total. The highest BCUT2D eigenvalue weighted by Crippen LogP contribution is 2.21. The Kier molecular flexibility index (Phi) is 1.67. The van der Waals surface area contributed by atoms with E-state index in [-0.39, 0.29) is 5.41 Å². The van der Waals surface area contributed by atoms with Crippen LogP contribution in [0.1, 0.15) is 27.7 Å². The van der Waals surface area contributed by atoms with Crippen molar-refractivity contribution in [3.63, 3.8) is 0 Å². The molecule has 56 valence electrons. The minimum absolute atomic E-state index is 0.223. The molecule has 1 aliphatic heterocycles. The lowest BCUT2D eigenvalue weighted by Crippen LogP contribution is -2.16. The second-order valence-corrected chi connectivity index (χ2v) is 3.86. The van der Waals surface area contributed by atoms with Crippen molar-refractivity contribution in [2.24, 2.45) is 10.4 Å². The number of rotatable bonds is 0. The Morgan fingerprint density at radius 1 is 1.40 bits per heavy atom. The Morgan fingerprint density at radius 3 is 2.20 bits per heavy atom. The predicted octanol–water partition coefficient (Wildman–Crippen LogP) is 2.43. The molecule has 0 radical (unpaired) electrons. The fourth-order valence-corrected chi connectivity index (χ4v) is 0.980. The van der Waals surface area contributed by atoms with Gasteiger partial charge in [-0.1, -0.05) is 26.8 Å². The van der Waals surface area contributed by atoms with E-state index in [9.17, 15) is 0 Å². The van der Waals surface area contributed by atoms with Crippen LogP contribution < -0.4 is 0 Å². The normalized spacial score (nSPS) is 25.2. The molecule has 0 aromatic rings. The molecule has 0 amide bonds. The summed E-state index contributed by atoms with van der Waals surface area (Å²) in [5, 5.41) is 0. The summed E-state index contributed by atoms with van der Waals surface area (Å²) in [6.07, 6.45) is 4.27. The van der Waals surface area contributed by atoms with Crippen molar-refractivity contribution in [3.05, 3.63) is 12.2 Å². The standard InChI is InChI=1S/C9H15N/c1-7-5-6-8(10-7)9(2,3)4/h5-7H,1-4H3. The predicted molar refractivity (Wildman–Crippen MR) is 45.5 cm³/mol. The van der Waals surface area contributed by atoms with E-state index in [0.717, 1.165) is 0 Å². The summed E-state index contributed by atoms with van der Waals surface area (Å²) >= 11 is 0. The summed E-state index contributed by atoms with van der Waals surface area (Å²) in [5.74, 6) is 0. The van der Waals surface area contributed by atoms with Crippen molar-refractivity contribution >= 4 is 5.71 Å². The summed E-state index contributed by atoms with van der Waals surface area (Å²) in [4.78, 5) is 4.47. The second-order valence-electron chi connectivity index (χ2n) is 3.86. The van der Waals surface area contributed by atoms with Crippen molar-refractivity contribution in [2.75, 3.05) is 0 Å². The average Bonchev–Trinajstić information content (AvgIpc) is 2.11. The molecule has 1 atom stereocenters. The van der Waals surface area contributed by atoms with Crippen LogP contribution in [0.5, 0.6) is 0 Å². The van der Waals surface area contributed by atoms with Crippen LogP contribution in [0.3, 0.4) is 0 Å². The summed E-state index contributed by atoms with van der Waals surface area (Å²) in [5.41, 5.74) is 1.45. The SMILES string of the molecule is CC1C=CC(C(C)(C)C)=N1. The van der Waals surface area contributed by atoms with Gasteiger partial charge in [0.25, 0.3) is 0 Å². The average molecular weight is 137 g/mol. The van der Waals surface area contributed by atoms with Gasteiger partial charge in [-0.25, -0.2) is 0 Å². The van der Waals surface area contributed by atoms with Crippen molar-refractivity contribution in [1.82, 2.24) is 0 Å². The lowest BCUT2D eigenvalue weighted by molar-refractivity contribution is 0.592. The Morgan fingerprint density at radius 2 is 2.00 bits per heavy atom. The smallest absolute Gasteiger partial charge is 0.0658 e. The van der Waals surface area contributed by atoms with Crippen LogP contribution in [0.2, 0.25) is 0 Å². The summed E-state index contributed by atoms with van der Waals surface area (Å²) in [7, 11) is 0. The van der Waals surface area contributed by atoms with Crippen molar-refractivity contribution in [1.29, 1.82) is 0 Å². The van der Waals surface area contributed by atoms with Crippen LogP contribution in [0, 0.1) is 5.41 Å². The molecule has 0 saturated heterocycles. The zero-order chi connectivity index (χ0) is 7.78. The Hall–Kier alpha value is -0.590. The molecule has 10 heavy (non-hydrogen) atoms. The van der Waals surface area contributed by atoms with E-state index in [1.807, 2.05) is 0 Å². The van der Waals surface area contributed by atoms with Crippen molar-refractivity contribution < 1.29 is 0 Å². The zero-order valence-electron chi connectivity index (χ0n) is 7.18. The van der Waals surface area contributed by atoms with E-state index < -0.39 is 0 Å². The number of allylic oxidation sites excluding steroid dienone is 1. The van der Waals surface area contributed by atoms with Crippen molar-refractivity contribution in [2.45, 2.75) is 33.7 Å². The van der Waals surface area contributed by atoms with Crippen LogP contribution in [-0.4, -0.2) is 11.8 Å². The van der Waals surface area contributed by atoms with Crippen LogP contribution in [0.4, 0.5) is 0 Å². The molecule has 0 aromatic heterocycles. The first kappa shape index (κ1) is 7.52. The van der Waals surface area contributed by atoms with Gasteiger partial charge < -0.3 is 0 Å². The first-order valence-corrected chi connectivity index (χ1v) is 3.76. The van der Waals surface area contributed by atoms with Crippen LogP contribution in [0.25, 0.3) is 0 Å². The van der Waals surface area contributed by atoms with Gasteiger partial charge in [-0.3, -0.25) is 4.99 Å². The van der Waals surface area contributed by atoms with Gasteiger partial charge in [-0.05, 0) is 13.0 Å². The minimum Gasteiger partial charge on any atom is -0.282 e.